The fraction of sp³-hybridized carbons (Fsp3) is 0.500. The second kappa shape index (κ2) is 6.45. The molecule has 16 heavy (non-hydrogen) atoms. The molecule has 0 aliphatic rings. The van der Waals surface area contributed by atoms with E-state index in [4.69, 9.17) is 28.3 Å². The van der Waals surface area contributed by atoms with Crippen molar-refractivity contribution in [3.8, 4) is 0 Å². The average Bonchev–Trinajstić information content (AvgIpc) is 2.51. The molecular weight excluding hydrogens is 269 g/mol. The number of rotatable bonds is 6. The Hall–Kier alpha value is -0.290. The molecule has 0 saturated carbocycles. The number of carboxylic acid groups (broad SMARTS) is 1. The van der Waals surface area contributed by atoms with Gasteiger partial charge in [-0.3, -0.25) is 4.79 Å². The smallest absolute Gasteiger partial charge is 0.320 e. The van der Waals surface area contributed by atoms with Crippen LogP contribution in [-0.2, 0) is 11.3 Å². The number of thiophene rings is 1. The Kier molecular flexibility index (Phi) is 5.55. The molecule has 1 rings (SSSR count). The first-order chi connectivity index (χ1) is 7.54. The van der Waals surface area contributed by atoms with Crippen LogP contribution in [0, 0.1) is 0 Å². The highest BCUT2D eigenvalue weighted by atomic mass is 35.5. The molecule has 1 aromatic rings. The minimum atomic E-state index is -0.834. The highest BCUT2D eigenvalue weighted by Gasteiger charge is 2.16. The molecule has 0 aliphatic heterocycles. The third-order valence-electron chi connectivity index (χ3n) is 2.14. The molecule has 2 N–H and O–H groups in total. The van der Waals surface area contributed by atoms with E-state index >= 15 is 0 Å². The van der Waals surface area contributed by atoms with Gasteiger partial charge >= 0.3 is 5.97 Å². The molecule has 1 heterocycles. The summed E-state index contributed by atoms with van der Waals surface area (Å²) in [6.45, 7) is 2.38. The van der Waals surface area contributed by atoms with Crippen molar-refractivity contribution in [2.75, 3.05) is 0 Å². The fourth-order valence-electron chi connectivity index (χ4n) is 1.33. The number of aliphatic carboxylic acids is 1. The van der Waals surface area contributed by atoms with E-state index in [2.05, 4.69) is 5.32 Å². The molecule has 90 valence electrons. The van der Waals surface area contributed by atoms with Crippen LogP contribution in [-0.4, -0.2) is 17.1 Å². The van der Waals surface area contributed by atoms with Crippen molar-refractivity contribution in [1.29, 1.82) is 0 Å². The molecule has 3 nitrogen and oxygen atoms in total. The Balaban J connectivity index is 2.55. The van der Waals surface area contributed by atoms with E-state index in [1.807, 2.05) is 6.92 Å². The Bertz CT molecular complexity index is 368. The molecule has 0 amide bonds. The topological polar surface area (TPSA) is 49.3 Å². The van der Waals surface area contributed by atoms with E-state index in [1.165, 1.54) is 11.3 Å². The second-order valence-electron chi connectivity index (χ2n) is 3.41. The van der Waals surface area contributed by atoms with Crippen LogP contribution in [0.1, 0.15) is 25.3 Å². The van der Waals surface area contributed by atoms with Crippen LogP contribution in [0.15, 0.2) is 6.07 Å². The first-order valence-corrected chi connectivity index (χ1v) is 6.51. The molecule has 0 aromatic carbocycles. The minimum absolute atomic E-state index is 0.430. The zero-order chi connectivity index (χ0) is 12.1. The van der Waals surface area contributed by atoms with Crippen LogP contribution in [0.25, 0.3) is 0 Å². The fourth-order valence-corrected chi connectivity index (χ4v) is 2.82. The van der Waals surface area contributed by atoms with Crippen molar-refractivity contribution in [1.82, 2.24) is 5.32 Å². The van der Waals surface area contributed by atoms with Gasteiger partial charge in [0, 0.05) is 6.54 Å². The molecule has 0 spiro atoms. The lowest BCUT2D eigenvalue weighted by molar-refractivity contribution is -0.139. The first kappa shape index (κ1) is 13.8. The molecule has 1 atom stereocenters. The van der Waals surface area contributed by atoms with Gasteiger partial charge in [-0.15, -0.1) is 11.3 Å². The highest BCUT2D eigenvalue weighted by molar-refractivity contribution is 7.20. The zero-order valence-corrected chi connectivity index (χ0v) is 11.1. The molecule has 1 aromatic heterocycles. The third-order valence-corrected chi connectivity index (χ3v) is 3.71. The van der Waals surface area contributed by atoms with Crippen LogP contribution < -0.4 is 5.32 Å². The number of carbonyl (C=O) groups is 1. The Labute approximate surface area is 108 Å². The van der Waals surface area contributed by atoms with Gasteiger partial charge in [0.15, 0.2) is 0 Å². The molecular formula is C10H13Cl2NO2S. The summed E-state index contributed by atoms with van der Waals surface area (Å²) in [5, 5.41) is 11.9. The summed E-state index contributed by atoms with van der Waals surface area (Å²) in [4.78, 5) is 10.9. The van der Waals surface area contributed by atoms with E-state index in [0.717, 1.165) is 12.0 Å². The largest absolute Gasteiger partial charge is 0.480 e. The maximum Gasteiger partial charge on any atom is 0.320 e. The van der Waals surface area contributed by atoms with Crippen molar-refractivity contribution in [3.05, 3.63) is 20.3 Å². The monoisotopic (exact) mass is 281 g/mol. The van der Waals surface area contributed by atoms with Crippen LogP contribution in [0.5, 0.6) is 0 Å². The Morgan fingerprint density at radius 2 is 2.31 bits per heavy atom. The summed E-state index contributed by atoms with van der Waals surface area (Å²) in [7, 11) is 0. The second-order valence-corrected chi connectivity index (χ2v) is 5.70. The zero-order valence-electron chi connectivity index (χ0n) is 8.80. The highest BCUT2D eigenvalue weighted by Crippen LogP contribution is 2.31. The summed E-state index contributed by atoms with van der Waals surface area (Å²) in [6, 6.07) is 1.23. The summed E-state index contributed by atoms with van der Waals surface area (Å²) in [5.74, 6) is -0.834. The molecule has 0 bridgehead atoms. The predicted octanol–water partition coefficient (Wildman–Crippen LogP) is 3.40. The molecule has 0 saturated heterocycles. The Morgan fingerprint density at radius 3 is 2.75 bits per heavy atom. The van der Waals surface area contributed by atoms with Gasteiger partial charge in [-0.05, 0) is 18.1 Å². The van der Waals surface area contributed by atoms with Gasteiger partial charge in [0.2, 0.25) is 0 Å². The third kappa shape index (κ3) is 3.94. The number of halogens is 2. The quantitative estimate of drug-likeness (QED) is 0.840. The SMILES string of the molecule is CCCC(NCc1cc(Cl)sc1Cl)C(=O)O. The van der Waals surface area contributed by atoms with Crippen molar-refractivity contribution >= 4 is 40.5 Å². The summed E-state index contributed by atoms with van der Waals surface area (Å²) in [5.41, 5.74) is 0.846. The van der Waals surface area contributed by atoms with Crippen molar-refractivity contribution in [2.45, 2.75) is 32.4 Å². The van der Waals surface area contributed by atoms with Gasteiger partial charge in [-0.2, -0.15) is 0 Å². The van der Waals surface area contributed by atoms with Crippen LogP contribution in [0.3, 0.4) is 0 Å². The van der Waals surface area contributed by atoms with E-state index in [-0.39, 0.29) is 0 Å². The van der Waals surface area contributed by atoms with Gasteiger partial charge in [-0.1, -0.05) is 36.5 Å². The van der Waals surface area contributed by atoms with Gasteiger partial charge in [0.1, 0.15) is 6.04 Å². The van der Waals surface area contributed by atoms with Crippen LogP contribution >= 0.6 is 34.5 Å². The Morgan fingerprint density at radius 1 is 1.62 bits per heavy atom. The maximum absolute atomic E-state index is 10.9. The van der Waals surface area contributed by atoms with Crippen molar-refractivity contribution < 1.29 is 9.90 Å². The summed E-state index contributed by atoms with van der Waals surface area (Å²) in [6.07, 6.45) is 1.42. The van der Waals surface area contributed by atoms with E-state index < -0.39 is 12.0 Å². The predicted molar refractivity (Wildman–Crippen MR) is 67.5 cm³/mol. The van der Waals surface area contributed by atoms with Crippen molar-refractivity contribution in [3.63, 3.8) is 0 Å². The molecule has 0 aliphatic carbocycles. The number of nitrogens with one attached hydrogen (secondary N) is 1. The van der Waals surface area contributed by atoms with E-state index in [1.54, 1.807) is 6.07 Å². The molecule has 0 fully saturated rings. The van der Waals surface area contributed by atoms with Crippen molar-refractivity contribution in [2.24, 2.45) is 0 Å². The summed E-state index contributed by atoms with van der Waals surface area (Å²) < 4.78 is 1.22. The summed E-state index contributed by atoms with van der Waals surface area (Å²) >= 11 is 13.0. The minimum Gasteiger partial charge on any atom is -0.480 e. The lowest BCUT2D eigenvalue weighted by Gasteiger charge is -2.12. The average molecular weight is 282 g/mol. The molecule has 1 unspecified atom stereocenters. The maximum atomic E-state index is 10.9. The van der Waals surface area contributed by atoms with E-state index in [9.17, 15) is 4.79 Å². The standard InChI is InChI=1S/C10H13Cl2NO2S/c1-2-3-7(10(14)15)13-5-6-4-8(11)16-9(6)12/h4,7,13H,2-3,5H2,1H3,(H,14,15). The van der Waals surface area contributed by atoms with Gasteiger partial charge < -0.3 is 10.4 Å². The number of carboxylic acids is 1. The lowest BCUT2D eigenvalue weighted by Crippen LogP contribution is -2.35. The number of hydrogen-bond donors (Lipinski definition) is 2. The lowest BCUT2D eigenvalue weighted by atomic mass is 10.1. The van der Waals surface area contributed by atoms with E-state index in [0.29, 0.717) is 21.6 Å². The normalized spacial score (nSPS) is 12.7. The van der Waals surface area contributed by atoms with Gasteiger partial charge in [0.25, 0.3) is 0 Å². The van der Waals surface area contributed by atoms with Crippen LogP contribution in [0.2, 0.25) is 8.67 Å². The first-order valence-electron chi connectivity index (χ1n) is 4.94. The van der Waals surface area contributed by atoms with Gasteiger partial charge in [-0.25, -0.2) is 0 Å². The van der Waals surface area contributed by atoms with Crippen LogP contribution in [0.4, 0.5) is 0 Å². The molecule has 0 radical (unpaired) electrons. The number of hydrogen-bond acceptors (Lipinski definition) is 3. The van der Waals surface area contributed by atoms with Gasteiger partial charge in [0.05, 0.1) is 8.67 Å². The molecule has 6 heteroatoms.